The topological polar surface area (TPSA) is 88.2 Å². The van der Waals surface area contributed by atoms with E-state index in [1.807, 2.05) is 0 Å². The largest absolute Gasteiger partial charge is 0.490 e. The lowest BCUT2D eigenvalue weighted by Gasteiger charge is -2.33. The number of methoxy groups -OCH3 is 1. The van der Waals surface area contributed by atoms with Crippen molar-refractivity contribution in [1.29, 1.82) is 0 Å². The number of anilines is 1. The number of sulfonamides is 1. The van der Waals surface area contributed by atoms with Crippen LogP contribution >= 0.6 is 0 Å². The van der Waals surface area contributed by atoms with Crippen molar-refractivity contribution in [3.05, 3.63) is 54.1 Å². The molecular weight excluding hydrogens is 418 g/mol. The highest BCUT2D eigenvalue weighted by molar-refractivity contribution is 7.89. The molecule has 1 saturated heterocycles. The first-order valence-electron chi connectivity index (χ1n) is 10.3. The lowest BCUT2D eigenvalue weighted by Crippen LogP contribution is -2.48. The van der Waals surface area contributed by atoms with E-state index < -0.39 is 10.0 Å². The van der Waals surface area contributed by atoms with Crippen LogP contribution in [-0.2, 0) is 14.8 Å². The number of carbonyl (C=O) groups is 1. The number of nitrogens with zero attached hydrogens (tertiary/aromatic N) is 2. The Bertz CT molecular complexity index is 988. The maximum absolute atomic E-state index is 13.1. The molecular formula is C22H29N3O5S. The Morgan fingerprint density at radius 3 is 2.48 bits per heavy atom. The van der Waals surface area contributed by atoms with Gasteiger partial charge in [-0.2, -0.15) is 4.31 Å². The molecule has 9 heteroatoms. The highest BCUT2D eigenvalue weighted by atomic mass is 32.2. The maximum Gasteiger partial charge on any atom is 0.259 e. The molecule has 1 aliphatic heterocycles. The Morgan fingerprint density at radius 2 is 1.77 bits per heavy atom. The second-order valence-electron chi connectivity index (χ2n) is 7.16. The van der Waals surface area contributed by atoms with Crippen LogP contribution in [0.15, 0.2) is 53.4 Å². The van der Waals surface area contributed by atoms with E-state index in [1.165, 1.54) is 10.4 Å². The summed E-state index contributed by atoms with van der Waals surface area (Å²) in [5.41, 5.74) is 0.771. The van der Waals surface area contributed by atoms with Gasteiger partial charge in [0, 0.05) is 39.0 Å². The number of amides is 1. The Labute approximate surface area is 183 Å². The van der Waals surface area contributed by atoms with E-state index in [2.05, 4.69) is 17.1 Å². The monoisotopic (exact) mass is 447 g/mol. The molecule has 0 bridgehead atoms. The molecule has 1 fully saturated rings. The number of piperazine rings is 1. The van der Waals surface area contributed by atoms with Crippen molar-refractivity contribution in [2.45, 2.75) is 11.8 Å². The molecule has 0 spiro atoms. The van der Waals surface area contributed by atoms with Crippen molar-refractivity contribution in [2.75, 3.05) is 58.4 Å². The highest BCUT2D eigenvalue weighted by Gasteiger charge is 2.28. The summed E-state index contributed by atoms with van der Waals surface area (Å²) in [6, 6.07) is 13.2. The maximum atomic E-state index is 13.1. The predicted octanol–water partition coefficient (Wildman–Crippen LogP) is 2.29. The quantitative estimate of drug-likeness (QED) is 0.594. The number of benzene rings is 2. The Kier molecular flexibility index (Phi) is 8.03. The molecule has 8 nitrogen and oxygen atoms in total. The normalized spacial score (nSPS) is 15.5. The van der Waals surface area contributed by atoms with Crippen LogP contribution in [0.1, 0.15) is 17.3 Å². The molecule has 0 saturated carbocycles. The van der Waals surface area contributed by atoms with Gasteiger partial charge in [0.05, 0.1) is 17.1 Å². The number of likely N-dealkylation sites (N-methyl/N-ethyl adjacent to an activating group) is 1. The van der Waals surface area contributed by atoms with Crippen LogP contribution in [0.25, 0.3) is 0 Å². The van der Waals surface area contributed by atoms with Gasteiger partial charge in [-0.25, -0.2) is 8.42 Å². The second-order valence-corrected chi connectivity index (χ2v) is 9.10. The predicted molar refractivity (Wildman–Crippen MR) is 119 cm³/mol. The summed E-state index contributed by atoms with van der Waals surface area (Å²) in [5, 5.41) is 2.78. The lowest BCUT2D eigenvalue weighted by atomic mass is 10.2. The zero-order chi connectivity index (χ0) is 22.3. The fraction of sp³-hybridized carbons (Fsp3) is 0.409. The molecule has 0 atom stereocenters. The summed E-state index contributed by atoms with van der Waals surface area (Å²) in [7, 11) is -2.05. The number of ether oxygens (including phenoxy) is 2. The summed E-state index contributed by atoms with van der Waals surface area (Å²) in [4.78, 5) is 15.2. The van der Waals surface area contributed by atoms with Crippen LogP contribution in [0.3, 0.4) is 0 Å². The third kappa shape index (κ3) is 5.82. The smallest absolute Gasteiger partial charge is 0.259 e. The van der Waals surface area contributed by atoms with E-state index >= 15 is 0 Å². The zero-order valence-corrected chi connectivity index (χ0v) is 18.7. The molecule has 168 valence electrons. The van der Waals surface area contributed by atoms with Crippen molar-refractivity contribution in [3.63, 3.8) is 0 Å². The third-order valence-electron chi connectivity index (χ3n) is 5.18. The van der Waals surface area contributed by atoms with Gasteiger partial charge in [-0.3, -0.25) is 4.79 Å². The molecule has 31 heavy (non-hydrogen) atoms. The molecule has 1 amide bonds. The number of hydrogen-bond donors (Lipinski definition) is 1. The number of carbonyl (C=O) groups excluding carboxylic acids is 1. The number of nitrogens with one attached hydrogen (secondary N) is 1. The van der Waals surface area contributed by atoms with Gasteiger partial charge in [-0.1, -0.05) is 25.1 Å². The van der Waals surface area contributed by atoms with E-state index in [1.54, 1.807) is 49.6 Å². The van der Waals surface area contributed by atoms with Gasteiger partial charge in [0.15, 0.2) is 0 Å². The van der Waals surface area contributed by atoms with E-state index in [-0.39, 0.29) is 10.8 Å². The summed E-state index contributed by atoms with van der Waals surface area (Å²) in [5.74, 6) is 0.0637. The third-order valence-corrected chi connectivity index (χ3v) is 7.08. The molecule has 0 aliphatic carbocycles. The van der Waals surface area contributed by atoms with Gasteiger partial charge in [0.2, 0.25) is 10.0 Å². The van der Waals surface area contributed by atoms with Gasteiger partial charge in [0.1, 0.15) is 12.4 Å². The first kappa shape index (κ1) is 23.2. The average Bonchev–Trinajstić information content (AvgIpc) is 2.79. The van der Waals surface area contributed by atoms with Gasteiger partial charge in [-0.15, -0.1) is 0 Å². The molecule has 1 heterocycles. The summed E-state index contributed by atoms with van der Waals surface area (Å²) in [6.07, 6.45) is 0. The van der Waals surface area contributed by atoms with Crippen molar-refractivity contribution in [2.24, 2.45) is 0 Å². The molecule has 2 aromatic carbocycles. The second kappa shape index (κ2) is 10.7. The highest BCUT2D eigenvalue weighted by Crippen LogP contribution is 2.23. The molecule has 0 radical (unpaired) electrons. The lowest BCUT2D eigenvalue weighted by molar-refractivity contribution is 0.101. The van der Waals surface area contributed by atoms with E-state index in [0.29, 0.717) is 56.4 Å². The van der Waals surface area contributed by atoms with E-state index in [9.17, 15) is 13.2 Å². The molecule has 1 aliphatic rings. The van der Waals surface area contributed by atoms with E-state index in [0.717, 1.165) is 6.54 Å². The molecule has 0 aromatic heterocycles. The summed E-state index contributed by atoms with van der Waals surface area (Å²) < 4.78 is 38.2. The van der Waals surface area contributed by atoms with Gasteiger partial charge in [-0.05, 0) is 36.9 Å². The van der Waals surface area contributed by atoms with Crippen molar-refractivity contribution in [1.82, 2.24) is 9.21 Å². The fourth-order valence-corrected chi connectivity index (χ4v) is 4.85. The zero-order valence-electron chi connectivity index (χ0n) is 17.9. The van der Waals surface area contributed by atoms with Gasteiger partial charge in [0.25, 0.3) is 5.91 Å². The van der Waals surface area contributed by atoms with E-state index in [4.69, 9.17) is 9.47 Å². The van der Waals surface area contributed by atoms with Crippen molar-refractivity contribution >= 4 is 21.6 Å². The van der Waals surface area contributed by atoms with Crippen LogP contribution in [-0.4, -0.2) is 76.6 Å². The first-order valence-corrected chi connectivity index (χ1v) is 11.7. The van der Waals surface area contributed by atoms with Crippen LogP contribution in [0.4, 0.5) is 5.69 Å². The van der Waals surface area contributed by atoms with Crippen molar-refractivity contribution in [3.8, 4) is 5.75 Å². The molecule has 3 rings (SSSR count). The molecule has 1 N–H and O–H groups in total. The first-order chi connectivity index (χ1) is 15.0. The van der Waals surface area contributed by atoms with Gasteiger partial charge >= 0.3 is 0 Å². The van der Waals surface area contributed by atoms with Gasteiger partial charge < -0.3 is 19.7 Å². The minimum Gasteiger partial charge on any atom is -0.490 e. The Hall–Kier alpha value is -2.46. The number of para-hydroxylation sites is 1. The fourth-order valence-electron chi connectivity index (χ4n) is 3.38. The van der Waals surface area contributed by atoms with Crippen molar-refractivity contribution < 1.29 is 22.7 Å². The standard InChI is InChI=1S/C22H29N3O5S/c1-3-24-11-13-25(14-12-24)31(27,28)19-8-6-7-18(17-19)23-22(26)20-9-4-5-10-21(20)30-16-15-29-2/h4-10,17H,3,11-16H2,1-2H3,(H,23,26). The molecule has 2 aromatic rings. The van der Waals surface area contributed by atoms with Crippen LogP contribution < -0.4 is 10.1 Å². The molecule has 0 unspecified atom stereocenters. The summed E-state index contributed by atoms with van der Waals surface area (Å²) >= 11 is 0. The minimum atomic E-state index is -3.62. The average molecular weight is 448 g/mol. The summed E-state index contributed by atoms with van der Waals surface area (Å²) in [6.45, 7) is 6.04. The Balaban J connectivity index is 1.73. The minimum absolute atomic E-state index is 0.167. The van der Waals surface area contributed by atoms with Crippen LogP contribution in [0.5, 0.6) is 5.75 Å². The van der Waals surface area contributed by atoms with Crippen LogP contribution in [0, 0.1) is 0 Å². The SMILES string of the molecule is CCN1CCN(S(=O)(=O)c2cccc(NC(=O)c3ccccc3OCCOC)c2)CC1. The number of rotatable bonds is 9. The van der Waals surface area contributed by atoms with Crippen LogP contribution in [0.2, 0.25) is 0 Å². The number of hydrogen-bond acceptors (Lipinski definition) is 6. The Morgan fingerprint density at radius 1 is 1.03 bits per heavy atom.